The molecular weight excluding hydrogens is 370 g/mol. The van der Waals surface area contributed by atoms with Gasteiger partial charge in [-0.05, 0) is 57.0 Å². The molecule has 0 bridgehead atoms. The van der Waals surface area contributed by atoms with E-state index in [-0.39, 0.29) is 5.41 Å². The van der Waals surface area contributed by atoms with Crippen LogP contribution in [0.25, 0.3) is 16.6 Å². The van der Waals surface area contributed by atoms with Crippen LogP contribution >= 0.6 is 0 Å². The van der Waals surface area contributed by atoms with E-state index in [0.29, 0.717) is 12.4 Å². The number of aromatic hydroxyl groups is 1. The molecule has 0 radical (unpaired) electrons. The summed E-state index contributed by atoms with van der Waals surface area (Å²) in [6.07, 6.45) is 0. The monoisotopic (exact) mass is 397 g/mol. The molecule has 5 rings (SSSR count). The maximum Gasteiger partial charge on any atom is 0.128 e. The third kappa shape index (κ3) is 2.55. The van der Waals surface area contributed by atoms with Gasteiger partial charge in [0.2, 0.25) is 0 Å². The van der Waals surface area contributed by atoms with Crippen molar-refractivity contribution < 1.29 is 9.84 Å². The average Bonchev–Trinajstić information content (AvgIpc) is 3.13. The lowest BCUT2D eigenvalue weighted by Crippen LogP contribution is -2.43. The minimum Gasteiger partial charge on any atom is -0.507 e. The van der Waals surface area contributed by atoms with Crippen LogP contribution < -0.4 is 0 Å². The summed E-state index contributed by atoms with van der Waals surface area (Å²) in [5.74, 6) is 0.360. The number of hydrogen-bond acceptors (Lipinski definition) is 2. The first-order valence-electron chi connectivity index (χ1n) is 10.5. The van der Waals surface area contributed by atoms with Crippen molar-refractivity contribution in [2.45, 2.75) is 38.7 Å². The maximum absolute atomic E-state index is 11.3. The van der Waals surface area contributed by atoms with Crippen molar-refractivity contribution >= 4 is 10.9 Å². The van der Waals surface area contributed by atoms with Gasteiger partial charge < -0.3 is 14.4 Å². The van der Waals surface area contributed by atoms with Crippen molar-refractivity contribution in [3.8, 4) is 11.4 Å². The Labute approximate surface area is 177 Å². The first-order chi connectivity index (χ1) is 14.3. The third-order valence-electron chi connectivity index (χ3n) is 6.58. The van der Waals surface area contributed by atoms with Crippen molar-refractivity contribution in [2.75, 3.05) is 6.61 Å². The second kappa shape index (κ2) is 6.48. The smallest absolute Gasteiger partial charge is 0.128 e. The molecule has 4 aromatic rings. The van der Waals surface area contributed by atoms with Crippen molar-refractivity contribution in [1.82, 2.24) is 4.57 Å². The number of hydrogen-bond donors (Lipinski definition) is 1. The number of aryl methyl sites for hydroxylation is 1. The molecule has 0 saturated heterocycles. The molecule has 0 aliphatic carbocycles. The molecule has 0 spiro atoms. The minimum absolute atomic E-state index is 0.360. The molecular formula is C27H27NO2. The van der Waals surface area contributed by atoms with E-state index in [0.717, 1.165) is 33.4 Å². The predicted octanol–water partition coefficient (Wildman–Crippen LogP) is 6.22. The number of rotatable bonds is 2. The largest absolute Gasteiger partial charge is 0.507 e. The molecule has 30 heavy (non-hydrogen) atoms. The first-order valence-corrected chi connectivity index (χ1v) is 10.5. The highest BCUT2D eigenvalue weighted by molar-refractivity contribution is 5.95. The Balaban J connectivity index is 1.99. The standard InChI is InChI=1S/C27H27NO2/c1-18-15-16-21-22(24(18)29)23-25(28(21)20-13-9-6-10-14-20)26(2,3)30-17-27(23,4)19-11-7-5-8-12-19/h5-16,29H,17H2,1-4H3. The lowest BCUT2D eigenvalue weighted by molar-refractivity contribution is -0.0581. The zero-order chi connectivity index (χ0) is 21.1. The lowest BCUT2D eigenvalue weighted by Gasteiger charge is -2.43. The molecule has 1 aliphatic rings. The number of fused-ring (bicyclic) bond motifs is 3. The van der Waals surface area contributed by atoms with E-state index in [1.807, 2.05) is 25.1 Å². The number of ether oxygens (including phenoxy) is 1. The van der Waals surface area contributed by atoms with Gasteiger partial charge in [-0.25, -0.2) is 0 Å². The number of nitrogens with zero attached hydrogens (tertiary/aromatic N) is 1. The van der Waals surface area contributed by atoms with Gasteiger partial charge in [-0.2, -0.15) is 0 Å². The van der Waals surface area contributed by atoms with Crippen LogP contribution in [0, 0.1) is 6.92 Å². The molecule has 0 amide bonds. The summed E-state index contributed by atoms with van der Waals surface area (Å²) < 4.78 is 8.79. The summed E-state index contributed by atoms with van der Waals surface area (Å²) in [5.41, 5.74) is 5.53. The molecule has 3 aromatic carbocycles. The van der Waals surface area contributed by atoms with E-state index in [1.165, 1.54) is 5.56 Å². The molecule has 152 valence electrons. The maximum atomic E-state index is 11.3. The van der Waals surface area contributed by atoms with Crippen LogP contribution in [0.2, 0.25) is 0 Å². The summed E-state index contributed by atoms with van der Waals surface area (Å²) in [5, 5.41) is 12.2. The molecule has 3 nitrogen and oxygen atoms in total. The van der Waals surface area contributed by atoms with Crippen LogP contribution in [0.4, 0.5) is 0 Å². The molecule has 3 heteroatoms. The van der Waals surface area contributed by atoms with Gasteiger partial charge in [0.1, 0.15) is 11.4 Å². The van der Waals surface area contributed by atoms with E-state index < -0.39 is 5.60 Å². The molecule has 0 fully saturated rings. The highest BCUT2D eigenvalue weighted by Gasteiger charge is 2.47. The van der Waals surface area contributed by atoms with Gasteiger partial charge in [0.25, 0.3) is 0 Å². The Morgan fingerprint density at radius 1 is 0.867 bits per heavy atom. The van der Waals surface area contributed by atoms with E-state index in [1.54, 1.807) is 0 Å². The van der Waals surface area contributed by atoms with Crippen molar-refractivity contribution in [2.24, 2.45) is 0 Å². The van der Waals surface area contributed by atoms with Crippen LogP contribution in [-0.4, -0.2) is 16.3 Å². The van der Waals surface area contributed by atoms with Crippen LogP contribution in [0.5, 0.6) is 5.75 Å². The van der Waals surface area contributed by atoms with Gasteiger partial charge in [-0.3, -0.25) is 0 Å². The summed E-state index contributed by atoms with van der Waals surface area (Å²) in [4.78, 5) is 0. The van der Waals surface area contributed by atoms with Crippen molar-refractivity contribution in [3.05, 3.63) is 95.2 Å². The van der Waals surface area contributed by atoms with E-state index in [9.17, 15) is 5.11 Å². The predicted molar refractivity (Wildman–Crippen MR) is 122 cm³/mol. The summed E-state index contributed by atoms with van der Waals surface area (Å²) in [6.45, 7) is 8.99. The van der Waals surface area contributed by atoms with Crippen LogP contribution in [-0.2, 0) is 15.8 Å². The Bertz CT molecular complexity index is 1240. The fraction of sp³-hybridized carbons (Fsp3) is 0.259. The van der Waals surface area contributed by atoms with Gasteiger partial charge in [0.15, 0.2) is 0 Å². The number of aromatic nitrogens is 1. The van der Waals surface area contributed by atoms with E-state index in [4.69, 9.17) is 4.74 Å². The van der Waals surface area contributed by atoms with Gasteiger partial charge in [0.05, 0.1) is 17.8 Å². The quantitative estimate of drug-likeness (QED) is 0.436. The van der Waals surface area contributed by atoms with Gasteiger partial charge in [-0.15, -0.1) is 0 Å². The lowest BCUT2D eigenvalue weighted by atomic mass is 9.71. The highest BCUT2D eigenvalue weighted by atomic mass is 16.5. The molecule has 1 aromatic heterocycles. The minimum atomic E-state index is -0.501. The molecule has 0 saturated carbocycles. The van der Waals surface area contributed by atoms with Gasteiger partial charge >= 0.3 is 0 Å². The summed E-state index contributed by atoms with van der Waals surface area (Å²) >= 11 is 0. The van der Waals surface area contributed by atoms with Crippen LogP contribution in [0.15, 0.2) is 72.8 Å². The Kier molecular flexibility index (Phi) is 4.09. The van der Waals surface area contributed by atoms with E-state index in [2.05, 4.69) is 79.9 Å². The molecule has 2 heterocycles. The number of phenols is 1. The van der Waals surface area contributed by atoms with Gasteiger partial charge in [-0.1, -0.05) is 54.6 Å². The first kappa shape index (κ1) is 19.0. The zero-order valence-corrected chi connectivity index (χ0v) is 17.9. The van der Waals surface area contributed by atoms with Crippen LogP contribution in [0.1, 0.15) is 43.2 Å². The average molecular weight is 398 g/mol. The summed E-state index contributed by atoms with van der Waals surface area (Å²) in [7, 11) is 0. The van der Waals surface area contributed by atoms with Crippen molar-refractivity contribution in [3.63, 3.8) is 0 Å². The Hall–Kier alpha value is -3.04. The molecule has 1 N–H and O–H groups in total. The fourth-order valence-electron chi connectivity index (χ4n) is 4.92. The Morgan fingerprint density at radius 3 is 2.17 bits per heavy atom. The van der Waals surface area contributed by atoms with Gasteiger partial charge in [0, 0.05) is 22.1 Å². The Morgan fingerprint density at radius 2 is 1.50 bits per heavy atom. The topological polar surface area (TPSA) is 34.4 Å². The normalized spacial score (nSPS) is 20.3. The highest BCUT2D eigenvalue weighted by Crippen LogP contribution is 2.52. The number of phenolic OH excluding ortho intramolecular Hbond substituents is 1. The third-order valence-corrected chi connectivity index (χ3v) is 6.58. The molecule has 1 atom stereocenters. The number of benzene rings is 3. The van der Waals surface area contributed by atoms with Crippen LogP contribution in [0.3, 0.4) is 0 Å². The zero-order valence-electron chi connectivity index (χ0n) is 17.9. The van der Waals surface area contributed by atoms with E-state index >= 15 is 0 Å². The summed E-state index contributed by atoms with van der Waals surface area (Å²) in [6, 6.07) is 25.0. The SMILES string of the molecule is Cc1ccc2c(c1O)c1c(n2-c2ccccc2)C(C)(C)OCC1(C)c1ccccc1. The molecule has 1 unspecified atom stereocenters. The van der Waals surface area contributed by atoms with Crippen molar-refractivity contribution in [1.29, 1.82) is 0 Å². The molecule has 1 aliphatic heterocycles. The number of para-hydroxylation sites is 1. The second-order valence-corrected chi connectivity index (χ2v) is 9.02. The second-order valence-electron chi connectivity index (χ2n) is 9.02. The fourth-order valence-corrected chi connectivity index (χ4v) is 4.92.